The van der Waals surface area contributed by atoms with E-state index in [1.165, 1.54) is 16.7 Å². The predicted molar refractivity (Wildman–Crippen MR) is 78.0 cm³/mol. The number of rotatable bonds is 7. The maximum Gasteiger partial charge on any atom is 0.0665 e. The van der Waals surface area contributed by atoms with E-state index >= 15 is 0 Å². The second kappa shape index (κ2) is 7.55. The molecule has 0 fully saturated rings. The van der Waals surface area contributed by atoms with Crippen LogP contribution in [0.5, 0.6) is 0 Å². The molecule has 1 N–H and O–H groups in total. The van der Waals surface area contributed by atoms with Crippen molar-refractivity contribution in [2.45, 2.75) is 53.2 Å². The van der Waals surface area contributed by atoms with Gasteiger partial charge in [0.25, 0.3) is 0 Å². The van der Waals surface area contributed by atoms with Crippen LogP contribution in [0.2, 0.25) is 0 Å². The molecule has 2 nitrogen and oxygen atoms in total. The Bertz CT molecular complexity index is 340. The van der Waals surface area contributed by atoms with Gasteiger partial charge in [0.2, 0.25) is 0 Å². The van der Waals surface area contributed by atoms with E-state index in [9.17, 15) is 0 Å². The Hall–Kier alpha value is -0.860. The summed E-state index contributed by atoms with van der Waals surface area (Å²) in [6, 6.07) is 6.78. The van der Waals surface area contributed by atoms with Gasteiger partial charge in [0.15, 0.2) is 0 Å². The van der Waals surface area contributed by atoms with Crippen LogP contribution in [-0.2, 0) is 4.74 Å². The third kappa shape index (κ3) is 4.43. The highest BCUT2D eigenvalue weighted by molar-refractivity contribution is 5.36. The van der Waals surface area contributed by atoms with Crippen LogP contribution >= 0.6 is 0 Å². The van der Waals surface area contributed by atoms with Crippen molar-refractivity contribution in [3.05, 3.63) is 34.9 Å². The Kier molecular flexibility index (Phi) is 6.37. The first kappa shape index (κ1) is 15.2. The van der Waals surface area contributed by atoms with Crippen molar-refractivity contribution in [1.82, 2.24) is 5.32 Å². The summed E-state index contributed by atoms with van der Waals surface area (Å²) in [6.45, 7) is 12.5. The first-order chi connectivity index (χ1) is 8.56. The van der Waals surface area contributed by atoms with Crippen LogP contribution in [0.25, 0.3) is 0 Å². The molecule has 1 aromatic rings. The third-order valence-electron chi connectivity index (χ3n) is 3.13. The van der Waals surface area contributed by atoms with Crippen molar-refractivity contribution in [2.24, 2.45) is 0 Å². The smallest absolute Gasteiger partial charge is 0.0665 e. The molecule has 1 atom stereocenters. The Morgan fingerprint density at radius 1 is 1.17 bits per heavy atom. The van der Waals surface area contributed by atoms with Gasteiger partial charge in [0.1, 0.15) is 0 Å². The highest BCUT2D eigenvalue weighted by atomic mass is 16.5. The molecule has 0 radical (unpaired) electrons. The molecule has 0 saturated heterocycles. The summed E-state index contributed by atoms with van der Waals surface area (Å²) in [5, 5.41) is 3.60. The van der Waals surface area contributed by atoms with Gasteiger partial charge >= 0.3 is 0 Å². The molecule has 102 valence electrons. The predicted octanol–water partition coefficient (Wildman–Crippen LogP) is 3.77. The Balaban J connectivity index is 2.86. The molecule has 0 aliphatic rings. The molecular weight excluding hydrogens is 222 g/mol. The summed E-state index contributed by atoms with van der Waals surface area (Å²) in [7, 11) is 0. The van der Waals surface area contributed by atoms with Crippen LogP contribution in [0.3, 0.4) is 0 Å². The zero-order chi connectivity index (χ0) is 13.5. The van der Waals surface area contributed by atoms with Gasteiger partial charge < -0.3 is 10.1 Å². The van der Waals surface area contributed by atoms with Gasteiger partial charge in [-0.2, -0.15) is 0 Å². The highest BCUT2D eigenvalue weighted by Crippen LogP contribution is 2.22. The molecule has 1 aromatic carbocycles. The van der Waals surface area contributed by atoms with Crippen molar-refractivity contribution in [3.8, 4) is 0 Å². The summed E-state index contributed by atoms with van der Waals surface area (Å²) < 4.78 is 5.80. The first-order valence-electron chi connectivity index (χ1n) is 6.97. The SMILES string of the molecule is CCCNC(COC(C)C)c1c(C)cccc1C. The molecule has 0 spiro atoms. The van der Waals surface area contributed by atoms with E-state index in [0.717, 1.165) is 19.6 Å². The van der Waals surface area contributed by atoms with Gasteiger partial charge in [-0.05, 0) is 57.4 Å². The number of hydrogen-bond donors (Lipinski definition) is 1. The second-order valence-electron chi connectivity index (χ2n) is 5.19. The number of nitrogens with one attached hydrogen (secondary N) is 1. The van der Waals surface area contributed by atoms with E-state index in [-0.39, 0.29) is 6.10 Å². The van der Waals surface area contributed by atoms with E-state index in [2.05, 4.69) is 58.1 Å². The Morgan fingerprint density at radius 2 is 1.78 bits per heavy atom. The highest BCUT2D eigenvalue weighted by Gasteiger charge is 2.16. The molecule has 2 heteroatoms. The molecule has 1 unspecified atom stereocenters. The number of benzene rings is 1. The van der Waals surface area contributed by atoms with Crippen LogP contribution < -0.4 is 5.32 Å². The minimum atomic E-state index is 0.278. The van der Waals surface area contributed by atoms with E-state index in [1.807, 2.05) is 0 Å². The molecule has 18 heavy (non-hydrogen) atoms. The van der Waals surface area contributed by atoms with Crippen molar-refractivity contribution in [3.63, 3.8) is 0 Å². The number of aryl methyl sites for hydroxylation is 2. The van der Waals surface area contributed by atoms with E-state index < -0.39 is 0 Å². The monoisotopic (exact) mass is 249 g/mol. The summed E-state index contributed by atoms with van der Waals surface area (Å²) in [4.78, 5) is 0. The topological polar surface area (TPSA) is 21.3 Å². The van der Waals surface area contributed by atoms with Gasteiger partial charge in [-0.25, -0.2) is 0 Å². The van der Waals surface area contributed by atoms with E-state index in [0.29, 0.717) is 6.04 Å². The second-order valence-corrected chi connectivity index (χ2v) is 5.19. The molecule has 0 aliphatic carbocycles. The first-order valence-corrected chi connectivity index (χ1v) is 6.97. The lowest BCUT2D eigenvalue weighted by Crippen LogP contribution is -2.28. The summed E-state index contributed by atoms with van der Waals surface area (Å²) in [5.41, 5.74) is 4.08. The fraction of sp³-hybridized carbons (Fsp3) is 0.625. The zero-order valence-electron chi connectivity index (χ0n) is 12.4. The lowest BCUT2D eigenvalue weighted by Gasteiger charge is -2.24. The van der Waals surface area contributed by atoms with Crippen LogP contribution in [0.15, 0.2) is 18.2 Å². The lowest BCUT2D eigenvalue weighted by molar-refractivity contribution is 0.0609. The molecule has 0 heterocycles. The Morgan fingerprint density at radius 3 is 2.28 bits per heavy atom. The lowest BCUT2D eigenvalue weighted by atomic mass is 9.96. The van der Waals surface area contributed by atoms with Crippen LogP contribution in [0.4, 0.5) is 0 Å². The van der Waals surface area contributed by atoms with Crippen LogP contribution in [0, 0.1) is 13.8 Å². The third-order valence-corrected chi connectivity index (χ3v) is 3.13. The van der Waals surface area contributed by atoms with Crippen LogP contribution in [0.1, 0.15) is 49.9 Å². The maximum absolute atomic E-state index is 5.80. The van der Waals surface area contributed by atoms with Gasteiger partial charge in [0.05, 0.1) is 18.8 Å². The van der Waals surface area contributed by atoms with Crippen molar-refractivity contribution < 1.29 is 4.74 Å². The molecule has 0 bridgehead atoms. The van der Waals surface area contributed by atoms with Crippen molar-refractivity contribution in [1.29, 1.82) is 0 Å². The summed E-state index contributed by atoms with van der Waals surface area (Å²) in [6.07, 6.45) is 1.42. The van der Waals surface area contributed by atoms with Crippen molar-refractivity contribution >= 4 is 0 Å². The summed E-state index contributed by atoms with van der Waals surface area (Å²) >= 11 is 0. The summed E-state index contributed by atoms with van der Waals surface area (Å²) in [5.74, 6) is 0. The average molecular weight is 249 g/mol. The number of hydrogen-bond acceptors (Lipinski definition) is 2. The molecule has 0 aromatic heterocycles. The zero-order valence-corrected chi connectivity index (χ0v) is 12.4. The number of ether oxygens (including phenoxy) is 1. The van der Waals surface area contributed by atoms with Gasteiger partial charge in [-0.15, -0.1) is 0 Å². The van der Waals surface area contributed by atoms with Gasteiger partial charge in [-0.3, -0.25) is 0 Å². The average Bonchev–Trinajstić information content (AvgIpc) is 2.31. The largest absolute Gasteiger partial charge is 0.377 e. The fourth-order valence-electron chi connectivity index (χ4n) is 2.23. The van der Waals surface area contributed by atoms with E-state index in [1.54, 1.807) is 0 Å². The molecule has 0 amide bonds. The standard InChI is InChI=1S/C16H27NO/c1-6-10-17-15(11-18-12(2)3)16-13(4)8-7-9-14(16)5/h7-9,12,15,17H,6,10-11H2,1-5H3. The van der Waals surface area contributed by atoms with Crippen LogP contribution in [-0.4, -0.2) is 19.3 Å². The van der Waals surface area contributed by atoms with E-state index in [4.69, 9.17) is 4.74 Å². The minimum Gasteiger partial charge on any atom is -0.377 e. The fourth-order valence-corrected chi connectivity index (χ4v) is 2.23. The molecule has 0 aliphatic heterocycles. The quantitative estimate of drug-likeness (QED) is 0.794. The molecular formula is C16H27NO. The molecule has 0 saturated carbocycles. The minimum absolute atomic E-state index is 0.278. The Labute approximate surface area is 112 Å². The van der Waals surface area contributed by atoms with Gasteiger partial charge in [-0.1, -0.05) is 25.1 Å². The van der Waals surface area contributed by atoms with Gasteiger partial charge in [0, 0.05) is 0 Å². The normalized spacial score (nSPS) is 13.0. The molecule has 1 rings (SSSR count). The van der Waals surface area contributed by atoms with Crippen molar-refractivity contribution in [2.75, 3.05) is 13.2 Å². The maximum atomic E-state index is 5.80.